The molecular formula is C18H25NO4. The molecule has 0 bridgehead atoms. The van der Waals surface area contributed by atoms with Crippen molar-refractivity contribution < 1.29 is 19.4 Å². The molecule has 0 aliphatic carbocycles. The number of methoxy groups -OCH3 is 1. The molecule has 1 amide bonds. The molecular weight excluding hydrogens is 294 g/mol. The molecule has 5 heteroatoms. The topological polar surface area (TPSA) is 59.0 Å². The molecule has 2 fully saturated rings. The Kier molecular flexibility index (Phi) is 4.34. The van der Waals surface area contributed by atoms with E-state index in [0.29, 0.717) is 25.3 Å². The van der Waals surface area contributed by atoms with E-state index in [-0.39, 0.29) is 12.5 Å². The summed E-state index contributed by atoms with van der Waals surface area (Å²) in [5, 5.41) is 11.2. The average Bonchev–Trinajstić information content (AvgIpc) is 3.02. The summed E-state index contributed by atoms with van der Waals surface area (Å²) < 4.78 is 11.1. The molecule has 0 unspecified atom stereocenters. The molecule has 1 aromatic carbocycles. The van der Waals surface area contributed by atoms with Gasteiger partial charge in [0.25, 0.3) is 5.91 Å². The van der Waals surface area contributed by atoms with E-state index in [9.17, 15) is 9.90 Å². The minimum atomic E-state index is -1.07. The second kappa shape index (κ2) is 6.13. The highest BCUT2D eigenvalue weighted by atomic mass is 16.5. The highest BCUT2D eigenvalue weighted by Gasteiger charge is 2.45. The van der Waals surface area contributed by atoms with E-state index < -0.39 is 11.2 Å². The number of aliphatic hydroxyl groups is 1. The molecule has 2 aliphatic rings. The van der Waals surface area contributed by atoms with Crippen LogP contribution in [-0.4, -0.2) is 48.3 Å². The third kappa shape index (κ3) is 2.95. The number of piperidine rings is 1. The van der Waals surface area contributed by atoms with Crippen molar-refractivity contribution in [3.05, 3.63) is 29.8 Å². The Morgan fingerprint density at radius 1 is 1.30 bits per heavy atom. The van der Waals surface area contributed by atoms with Crippen molar-refractivity contribution in [1.82, 2.24) is 4.90 Å². The summed E-state index contributed by atoms with van der Waals surface area (Å²) >= 11 is 0. The lowest BCUT2D eigenvalue weighted by atomic mass is 9.84. The summed E-state index contributed by atoms with van der Waals surface area (Å²) in [6, 6.07) is 7.49. The van der Waals surface area contributed by atoms with Gasteiger partial charge >= 0.3 is 0 Å². The maximum Gasteiger partial charge on any atom is 0.254 e. The number of hydrogen-bond acceptors (Lipinski definition) is 4. The Morgan fingerprint density at radius 2 is 2.09 bits per heavy atom. The van der Waals surface area contributed by atoms with Gasteiger partial charge in [0, 0.05) is 18.7 Å². The number of carbonyl (C=O) groups is 1. The van der Waals surface area contributed by atoms with Gasteiger partial charge in [0.15, 0.2) is 0 Å². The quantitative estimate of drug-likeness (QED) is 0.926. The normalized spacial score (nSPS) is 31.2. The van der Waals surface area contributed by atoms with Gasteiger partial charge in [-0.15, -0.1) is 0 Å². The van der Waals surface area contributed by atoms with Crippen LogP contribution in [0.1, 0.15) is 38.2 Å². The number of hydrogen-bond donors (Lipinski definition) is 1. The molecule has 0 aromatic heterocycles. The number of carbonyl (C=O) groups excluding carboxylic acids is 1. The highest BCUT2D eigenvalue weighted by Crippen LogP contribution is 2.38. The van der Waals surface area contributed by atoms with Crippen molar-refractivity contribution in [3.63, 3.8) is 0 Å². The predicted octanol–water partition coefficient (Wildman–Crippen LogP) is 2.07. The van der Waals surface area contributed by atoms with Gasteiger partial charge in [0.05, 0.1) is 13.7 Å². The van der Waals surface area contributed by atoms with Crippen LogP contribution in [0.5, 0.6) is 5.75 Å². The number of ether oxygens (including phenoxy) is 2. The van der Waals surface area contributed by atoms with Crippen molar-refractivity contribution in [1.29, 1.82) is 0 Å². The van der Waals surface area contributed by atoms with E-state index in [2.05, 4.69) is 0 Å². The number of para-hydroxylation sites is 1. The Bertz CT molecular complexity index is 582. The van der Waals surface area contributed by atoms with Crippen molar-refractivity contribution >= 4 is 5.91 Å². The van der Waals surface area contributed by atoms with Crippen LogP contribution in [0.15, 0.2) is 24.3 Å². The fraction of sp³-hybridized carbons (Fsp3) is 0.611. The first kappa shape index (κ1) is 16.3. The molecule has 23 heavy (non-hydrogen) atoms. The highest BCUT2D eigenvalue weighted by molar-refractivity contribution is 5.85. The van der Waals surface area contributed by atoms with E-state index in [1.165, 1.54) is 0 Å². The van der Waals surface area contributed by atoms with Crippen LogP contribution in [0.2, 0.25) is 0 Å². The molecule has 1 N–H and O–H groups in total. The first-order valence-corrected chi connectivity index (χ1v) is 8.28. The number of amides is 1. The maximum absolute atomic E-state index is 12.9. The number of rotatable bonds is 3. The third-order valence-electron chi connectivity index (χ3n) is 5.04. The van der Waals surface area contributed by atoms with Gasteiger partial charge in [-0.3, -0.25) is 4.79 Å². The second-order valence-corrected chi connectivity index (χ2v) is 6.74. The molecule has 126 valence electrons. The lowest BCUT2D eigenvalue weighted by Gasteiger charge is -2.42. The minimum absolute atomic E-state index is 0.0111. The van der Waals surface area contributed by atoms with Crippen molar-refractivity contribution in [2.75, 3.05) is 26.8 Å². The Morgan fingerprint density at radius 3 is 2.78 bits per heavy atom. The summed E-state index contributed by atoms with van der Waals surface area (Å²) in [4.78, 5) is 14.6. The third-order valence-corrected chi connectivity index (χ3v) is 5.04. The van der Waals surface area contributed by atoms with Gasteiger partial charge in [0.2, 0.25) is 0 Å². The largest absolute Gasteiger partial charge is 0.496 e. The van der Waals surface area contributed by atoms with E-state index in [1.807, 2.05) is 31.2 Å². The minimum Gasteiger partial charge on any atom is -0.496 e. The smallest absolute Gasteiger partial charge is 0.254 e. The van der Waals surface area contributed by atoms with E-state index in [4.69, 9.17) is 9.47 Å². The van der Waals surface area contributed by atoms with Crippen LogP contribution < -0.4 is 4.74 Å². The number of benzene rings is 1. The molecule has 2 saturated heterocycles. The predicted molar refractivity (Wildman–Crippen MR) is 86.3 cm³/mol. The van der Waals surface area contributed by atoms with Crippen LogP contribution in [0.25, 0.3) is 0 Å². The SMILES string of the molecule is COc1ccccc1[C@]1(O)CCCN(C(=O)[C@]2(C)CCCO2)C1. The van der Waals surface area contributed by atoms with Crippen LogP contribution in [0, 0.1) is 0 Å². The number of nitrogens with zero attached hydrogens (tertiary/aromatic N) is 1. The number of likely N-dealkylation sites (tertiary alicyclic amines) is 1. The van der Waals surface area contributed by atoms with Crippen LogP contribution in [0.4, 0.5) is 0 Å². The van der Waals surface area contributed by atoms with Crippen molar-refractivity contribution in [3.8, 4) is 5.75 Å². The first-order valence-electron chi connectivity index (χ1n) is 8.28. The summed E-state index contributed by atoms with van der Waals surface area (Å²) in [6.45, 7) is 3.44. The molecule has 0 saturated carbocycles. The first-order chi connectivity index (χ1) is 11.0. The average molecular weight is 319 g/mol. The molecule has 2 atom stereocenters. The zero-order valence-corrected chi connectivity index (χ0v) is 13.9. The lowest BCUT2D eigenvalue weighted by Crippen LogP contribution is -2.54. The molecule has 2 heterocycles. The van der Waals surface area contributed by atoms with Gasteiger partial charge in [0.1, 0.15) is 17.0 Å². The summed E-state index contributed by atoms with van der Waals surface area (Å²) in [7, 11) is 1.60. The molecule has 1 aromatic rings. The standard InChI is InChI=1S/C18H25NO4/c1-17(9-6-12-23-17)16(20)19-11-5-10-18(21,13-19)14-7-3-4-8-15(14)22-2/h3-4,7-8,21H,5-6,9-13H2,1-2H3/t17-,18-/m0/s1. The molecule has 3 rings (SSSR count). The van der Waals surface area contributed by atoms with Gasteiger partial charge in [-0.25, -0.2) is 0 Å². The molecule has 0 radical (unpaired) electrons. The monoisotopic (exact) mass is 319 g/mol. The van der Waals surface area contributed by atoms with Crippen LogP contribution >= 0.6 is 0 Å². The zero-order valence-electron chi connectivity index (χ0n) is 13.9. The van der Waals surface area contributed by atoms with E-state index in [1.54, 1.807) is 12.0 Å². The van der Waals surface area contributed by atoms with Gasteiger partial charge in [-0.1, -0.05) is 18.2 Å². The van der Waals surface area contributed by atoms with Crippen LogP contribution in [0.3, 0.4) is 0 Å². The fourth-order valence-corrected chi connectivity index (χ4v) is 3.74. The molecule has 5 nitrogen and oxygen atoms in total. The molecule has 2 aliphatic heterocycles. The van der Waals surface area contributed by atoms with Gasteiger partial charge in [-0.2, -0.15) is 0 Å². The van der Waals surface area contributed by atoms with Gasteiger partial charge in [-0.05, 0) is 38.7 Å². The Hall–Kier alpha value is -1.59. The Labute approximate surface area is 137 Å². The zero-order chi connectivity index (χ0) is 16.5. The van der Waals surface area contributed by atoms with Gasteiger partial charge < -0.3 is 19.5 Å². The summed E-state index contributed by atoms with van der Waals surface area (Å²) in [5.74, 6) is 0.649. The summed E-state index contributed by atoms with van der Waals surface area (Å²) in [5.41, 5.74) is -1.06. The fourth-order valence-electron chi connectivity index (χ4n) is 3.74. The Balaban J connectivity index is 1.83. The molecule has 0 spiro atoms. The second-order valence-electron chi connectivity index (χ2n) is 6.74. The lowest BCUT2D eigenvalue weighted by molar-refractivity contribution is -0.158. The van der Waals surface area contributed by atoms with Crippen molar-refractivity contribution in [2.45, 2.75) is 43.8 Å². The maximum atomic E-state index is 12.9. The van der Waals surface area contributed by atoms with E-state index >= 15 is 0 Å². The van der Waals surface area contributed by atoms with E-state index in [0.717, 1.165) is 24.8 Å². The van der Waals surface area contributed by atoms with Crippen molar-refractivity contribution in [2.24, 2.45) is 0 Å². The summed E-state index contributed by atoms with van der Waals surface area (Å²) in [6.07, 6.45) is 3.04. The number of β-amino-alcohol motifs (C(OH)–C–C–N with tert-alkyl or cyclic N) is 1. The van der Waals surface area contributed by atoms with Crippen LogP contribution in [-0.2, 0) is 15.1 Å².